The Morgan fingerprint density at radius 3 is 2.73 bits per heavy atom. The lowest BCUT2D eigenvalue weighted by Crippen LogP contribution is -2.11. The quantitative estimate of drug-likeness (QED) is 0.889. The molecule has 1 aromatic carbocycles. The van der Waals surface area contributed by atoms with E-state index in [-0.39, 0.29) is 12.7 Å². The summed E-state index contributed by atoms with van der Waals surface area (Å²) >= 11 is 3.43. The highest BCUT2D eigenvalue weighted by atomic mass is 79.9. The fourth-order valence-corrected chi connectivity index (χ4v) is 1.94. The second-order valence-electron chi connectivity index (χ2n) is 3.64. The summed E-state index contributed by atoms with van der Waals surface area (Å²) in [5, 5.41) is 8.96. The van der Waals surface area contributed by atoms with Gasteiger partial charge in [0.25, 0.3) is 0 Å². The van der Waals surface area contributed by atoms with Crippen molar-refractivity contribution < 1.29 is 9.84 Å². The lowest BCUT2D eigenvalue weighted by atomic mass is 10.2. The van der Waals surface area contributed by atoms with Crippen LogP contribution in [0.5, 0.6) is 5.75 Å². The SMILES string of the molecule is CCCC(C)Oc1ccc(CO)cc1Br. The Balaban J connectivity index is 2.69. The number of benzene rings is 1. The van der Waals surface area contributed by atoms with Crippen molar-refractivity contribution in [3.63, 3.8) is 0 Å². The summed E-state index contributed by atoms with van der Waals surface area (Å²) in [6, 6.07) is 5.65. The molecule has 0 fully saturated rings. The van der Waals surface area contributed by atoms with Crippen LogP contribution in [0.4, 0.5) is 0 Å². The fourth-order valence-electron chi connectivity index (χ4n) is 1.42. The minimum Gasteiger partial charge on any atom is -0.490 e. The average molecular weight is 273 g/mol. The normalized spacial score (nSPS) is 12.5. The molecule has 0 aliphatic heterocycles. The molecule has 0 bridgehead atoms. The second-order valence-corrected chi connectivity index (χ2v) is 4.49. The molecule has 1 aromatic rings. The summed E-state index contributed by atoms with van der Waals surface area (Å²) in [4.78, 5) is 0. The molecule has 84 valence electrons. The Labute approximate surface area is 99.4 Å². The first-order valence-corrected chi connectivity index (χ1v) is 6.02. The maximum absolute atomic E-state index is 8.96. The van der Waals surface area contributed by atoms with Crippen LogP contribution in [0.3, 0.4) is 0 Å². The standard InChI is InChI=1S/C12H17BrO2/c1-3-4-9(2)15-12-6-5-10(8-14)7-11(12)13/h5-7,9,14H,3-4,8H2,1-2H3. The molecule has 15 heavy (non-hydrogen) atoms. The highest BCUT2D eigenvalue weighted by Gasteiger charge is 2.06. The van der Waals surface area contributed by atoms with Crippen LogP contribution in [0.1, 0.15) is 32.3 Å². The molecule has 0 saturated carbocycles. The summed E-state index contributed by atoms with van der Waals surface area (Å²) in [7, 11) is 0. The third kappa shape index (κ3) is 3.84. The first-order chi connectivity index (χ1) is 7.17. The van der Waals surface area contributed by atoms with Gasteiger partial charge in [-0.2, -0.15) is 0 Å². The first kappa shape index (κ1) is 12.5. The fraction of sp³-hybridized carbons (Fsp3) is 0.500. The van der Waals surface area contributed by atoms with Gasteiger partial charge in [0.2, 0.25) is 0 Å². The average Bonchev–Trinajstić information content (AvgIpc) is 2.21. The van der Waals surface area contributed by atoms with Crippen molar-refractivity contribution in [1.82, 2.24) is 0 Å². The van der Waals surface area contributed by atoms with Gasteiger partial charge in [0.1, 0.15) is 5.75 Å². The van der Waals surface area contributed by atoms with Gasteiger partial charge in [0.05, 0.1) is 17.2 Å². The van der Waals surface area contributed by atoms with E-state index in [0.29, 0.717) is 0 Å². The van der Waals surface area contributed by atoms with E-state index in [0.717, 1.165) is 28.6 Å². The van der Waals surface area contributed by atoms with E-state index in [2.05, 4.69) is 29.8 Å². The summed E-state index contributed by atoms with van der Waals surface area (Å²) in [6.45, 7) is 4.27. The molecule has 0 aromatic heterocycles. The zero-order chi connectivity index (χ0) is 11.3. The summed E-state index contributed by atoms with van der Waals surface area (Å²) in [5.74, 6) is 0.841. The Morgan fingerprint density at radius 1 is 1.47 bits per heavy atom. The molecule has 0 aliphatic carbocycles. The maximum Gasteiger partial charge on any atom is 0.133 e. The van der Waals surface area contributed by atoms with E-state index in [4.69, 9.17) is 9.84 Å². The molecule has 2 nitrogen and oxygen atoms in total. The smallest absolute Gasteiger partial charge is 0.133 e. The van der Waals surface area contributed by atoms with Gasteiger partial charge in [0, 0.05) is 0 Å². The number of aliphatic hydroxyl groups excluding tert-OH is 1. The zero-order valence-electron chi connectivity index (χ0n) is 9.16. The minimum atomic E-state index is 0.0589. The minimum absolute atomic E-state index is 0.0589. The van der Waals surface area contributed by atoms with Crippen molar-refractivity contribution in [2.45, 2.75) is 39.4 Å². The van der Waals surface area contributed by atoms with Crippen LogP contribution in [0.15, 0.2) is 22.7 Å². The highest BCUT2D eigenvalue weighted by Crippen LogP contribution is 2.27. The van der Waals surface area contributed by atoms with E-state index in [1.165, 1.54) is 0 Å². The van der Waals surface area contributed by atoms with Gasteiger partial charge in [-0.3, -0.25) is 0 Å². The Hall–Kier alpha value is -0.540. The van der Waals surface area contributed by atoms with E-state index in [1.807, 2.05) is 18.2 Å². The lowest BCUT2D eigenvalue weighted by molar-refractivity contribution is 0.208. The number of ether oxygens (including phenoxy) is 1. The Morgan fingerprint density at radius 2 is 2.20 bits per heavy atom. The number of halogens is 1. The Bertz CT molecular complexity index is 312. The lowest BCUT2D eigenvalue weighted by Gasteiger charge is -2.15. The summed E-state index contributed by atoms with van der Waals surface area (Å²) in [6.07, 6.45) is 2.40. The van der Waals surface area contributed by atoms with Crippen LogP contribution in [0.25, 0.3) is 0 Å². The molecule has 3 heteroatoms. The van der Waals surface area contributed by atoms with Gasteiger partial charge in [0.15, 0.2) is 0 Å². The third-order valence-corrected chi connectivity index (χ3v) is 2.82. The molecule has 1 N–H and O–H groups in total. The first-order valence-electron chi connectivity index (χ1n) is 5.23. The van der Waals surface area contributed by atoms with Gasteiger partial charge in [-0.25, -0.2) is 0 Å². The monoisotopic (exact) mass is 272 g/mol. The predicted octanol–water partition coefficient (Wildman–Crippen LogP) is 3.51. The summed E-state index contributed by atoms with van der Waals surface area (Å²) in [5.41, 5.74) is 0.886. The van der Waals surface area contributed by atoms with Crippen LogP contribution in [-0.2, 0) is 6.61 Å². The van der Waals surface area contributed by atoms with Crippen molar-refractivity contribution in [1.29, 1.82) is 0 Å². The number of rotatable bonds is 5. The van der Waals surface area contributed by atoms with E-state index in [9.17, 15) is 0 Å². The number of aliphatic hydroxyl groups is 1. The van der Waals surface area contributed by atoms with Crippen molar-refractivity contribution in [3.05, 3.63) is 28.2 Å². The van der Waals surface area contributed by atoms with Crippen molar-refractivity contribution in [2.24, 2.45) is 0 Å². The molecule has 1 atom stereocenters. The second kappa shape index (κ2) is 6.13. The Kier molecular flexibility index (Phi) is 5.12. The molecule has 0 saturated heterocycles. The molecule has 0 radical (unpaired) electrons. The third-order valence-electron chi connectivity index (χ3n) is 2.20. The van der Waals surface area contributed by atoms with Gasteiger partial charge >= 0.3 is 0 Å². The molecule has 0 aliphatic rings. The highest BCUT2D eigenvalue weighted by molar-refractivity contribution is 9.10. The van der Waals surface area contributed by atoms with Gasteiger partial charge in [-0.15, -0.1) is 0 Å². The molecule has 1 rings (SSSR count). The van der Waals surface area contributed by atoms with E-state index in [1.54, 1.807) is 0 Å². The van der Waals surface area contributed by atoms with E-state index < -0.39 is 0 Å². The van der Waals surface area contributed by atoms with Crippen molar-refractivity contribution >= 4 is 15.9 Å². The van der Waals surface area contributed by atoms with Crippen LogP contribution < -0.4 is 4.74 Å². The summed E-state index contributed by atoms with van der Waals surface area (Å²) < 4.78 is 6.66. The molecular formula is C12H17BrO2. The maximum atomic E-state index is 8.96. The topological polar surface area (TPSA) is 29.5 Å². The molecule has 0 amide bonds. The molecular weight excluding hydrogens is 256 g/mol. The van der Waals surface area contributed by atoms with Crippen molar-refractivity contribution in [2.75, 3.05) is 0 Å². The number of hydrogen-bond donors (Lipinski definition) is 1. The predicted molar refractivity (Wildman–Crippen MR) is 65.1 cm³/mol. The largest absolute Gasteiger partial charge is 0.490 e. The number of hydrogen-bond acceptors (Lipinski definition) is 2. The van der Waals surface area contributed by atoms with Gasteiger partial charge < -0.3 is 9.84 Å². The molecule has 0 spiro atoms. The van der Waals surface area contributed by atoms with E-state index >= 15 is 0 Å². The zero-order valence-corrected chi connectivity index (χ0v) is 10.8. The van der Waals surface area contributed by atoms with Crippen LogP contribution in [-0.4, -0.2) is 11.2 Å². The molecule has 0 heterocycles. The molecule has 1 unspecified atom stereocenters. The van der Waals surface area contributed by atoms with Crippen LogP contribution >= 0.6 is 15.9 Å². The van der Waals surface area contributed by atoms with Gasteiger partial charge in [-0.05, 0) is 47.0 Å². The van der Waals surface area contributed by atoms with Gasteiger partial charge in [-0.1, -0.05) is 19.4 Å². The van der Waals surface area contributed by atoms with Crippen LogP contribution in [0.2, 0.25) is 0 Å². The van der Waals surface area contributed by atoms with Crippen molar-refractivity contribution in [3.8, 4) is 5.75 Å². The van der Waals surface area contributed by atoms with Crippen LogP contribution in [0, 0.1) is 0 Å².